The Bertz CT molecular complexity index is 185. The Balaban J connectivity index is 2.28. The monoisotopic (exact) mass is 170 g/mol. The van der Waals surface area contributed by atoms with Crippen LogP contribution in [-0.4, -0.2) is 16.5 Å². The molecule has 1 saturated carbocycles. The van der Waals surface area contributed by atoms with Crippen molar-refractivity contribution in [2.75, 3.05) is 0 Å². The lowest BCUT2D eigenvalue weighted by atomic mass is 9.87. The van der Waals surface area contributed by atoms with Crippen LogP contribution in [0.25, 0.3) is 0 Å². The second-order valence-corrected chi connectivity index (χ2v) is 4.90. The van der Waals surface area contributed by atoms with Gasteiger partial charge in [-0.15, -0.1) is 0 Å². The molecule has 0 aliphatic heterocycles. The Labute approximate surface area is 74.0 Å². The summed E-state index contributed by atoms with van der Waals surface area (Å²) in [7, 11) is 0. The molecule has 0 bridgehead atoms. The number of carbonyl (C=O) groups is 1. The molecule has 0 amide bonds. The molecular weight excluding hydrogens is 152 g/mol. The summed E-state index contributed by atoms with van der Waals surface area (Å²) >= 11 is 0. The summed E-state index contributed by atoms with van der Waals surface area (Å²) in [5.74, 6) is 0.253. The minimum absolute atomic E-state index is 0.245. The van der Waals surface area contributed by atoms with Crippen molar-refractivity contribution in [3.63, 3.8) is 0 Å². The van der Waals surface area contributed by atoms with E-state index in [-0.39, 0.29) is 11.2 Å². The van der Waals surface area contributed by atoms with Crippen molar-refractivity contribution in [3.8, 4) is 0 Å². The maximum Gasteiger partial charge on any atom is 0.138 e. The topological polar surface area (TPSA) is 37.3 Å². The SMILES string of the molecule is CC(C)(C)C(=O)CCC1(O)CC1. The van der Waals surface area contributed by atoms with Gasteiger partial charge in [0.25, 0.3) is 0 Å². The highest BCUT2D eigenvalue weighted by Crippen LogP contribution is 2.39. The Kier molecular flexibility index (Phi) is 2.30. The summed E-state index contributed by atoms with van der Waals surface area (Å²) in [6.07, 6.45) is 2.94. The van der Waals surface area contributed by atoms with Crippen molar-refractivity contribution >= 4 is 5.78 Å². The Morgan fingerprint density at radius 3 is 2.25 bits per heavy atom. The van der Waals surface area contributed by atoms with Crippen LogP contribution >= 0.6 is 0 Å². The summed E-state index contributed by atoms with van der Waals surface area (Å²) in [6.45, 7) is 5.77. The van der Waals surface area contributed by atoms with Crippen molar-refractivity contribution in [1.82, 2.24) is 0 Å². The van der Waals surface area contributed by atoms with Crippen molar-refractivity contribution < 1.29 is 9.90 Å². The van der Waals surface area contributed by atoms with Crippen molar-refractivity contribution in [1.29, 1.82) is 0 Å². The van der Waals surface area contributed by atoms with Crippen molar-refractivity contribution in [2.45, 2.75) is 52.1 Å². The number of ketones is 1. The van der Waals surface area contributed by atoms with Gasteiger partial charge in [0.2, 0.25) is 0 Å². The van der Waals surface area contributed by atoms with E-state index < -0.39 is 5.60 Å². The minimum Gasteiger partial charge on any atom is -0.390 e. The van der Waals surface area contributed by atoms with Crippen LogP contribution in [0.5, 0.6) is 0 Å². The van der Waals surface area contributed by atoms with Crippen molar-refractivity contribution in [2.24, 2.45) is 5.41 Å². The third-order valence-electron chi connectivity index (χ3n) is 2.48. The molecule has 0 heterocycles. The molecular formula is C10H18O2. The first-order chi connectivity index (χ1) is 5.33. The van der Waals surface area contributed by atoms with E-state index in [1.54, 1.807) is 0 Å². The molecule has 0 atom stereocenters. The maximum atomic E-state index is 11.4. The molecule has 2 heteroatoms. The number of rotatable bonds is 3. The fourth-order valence-corrected chi connectivity index (χ4v) is 1.12. The molecule has 0 spiro atoms. The third kappa shape index (κ3) is 2.59. The average molecular weight is 170 g/mol. The molecule has 0 radical (unpaired) electrons. The molecule has 1 rings (SSSR count). The van der Waals surface area contributed by atoms with Gasteiger partial charge in [0, 0.05) is 11.8 Å². The van der Waals surface area contributed by atoms with Gasteiger partial charge in [-0.2, -0.15) is 0 Å². The minimum atomic E-state index is -0.471. The van der Waals surface area contributed by atoms with Gasteiger partial charge in [-0.3, -0.25) is 4.79 Å². The quantitative estimate of drug-likeness (QED) is 0.702. The second kappa shape index (κ2) is 2.84. The standard InChI is InChI=1S/C10H18O2/c1-9(2,3)8(11)4-5-10(12)6-7-10/h12H,4-7H2,1-3H3. The first-order valence-electron chi connectivity index (χ1n) is 4.59. The van der Waals surface area contributed by atoms with E-state index in [1.165, 1.54) is 0 Å². The highest BCUT2D eigenvalue weighted by atomic mass is 16.3. The van der Waals surface area contributed by atoms with Gasteiger partial charge in [-0.05, 0) is 19.3 Å². The van der Waals surface area contributed by atoms with E-state index in [9.17, 15) is 9.90 Å². The van der Waals surface area contributed by atoms with Crippen LogP contribution in [0, 0.1) is 5.41 Å². The van der Waals surface area contributed by atoms with Gasteiger partial charge in [0.15, 0.2) is 0 Å². The molecule has 0 aromatic rings. The highest BCUT2D eigenvalue weighted by molar-refractivity contribution is 5.83. The summed E-state index contributed by atoms with van der Waals surface area (Å²) in [6, 6.07) is 0. The van der Waals surface area contributed by atoms with Crippen LogP contribution in [0.1, 0.15) is 46.5 Å². The summed E-state index contributed by atoms with van der Waals surface area (Å²) < 4.78 is 0. The van der Waals surface area contributed by atoms with E-state index in [4.69, 9.17) is 0 Å². The molecule has 1 fully saturated rings. The molecule has 70 valence electrons. The first-order valence-corrected chi connectivity index (χ1v) is 4.59. The smallest absolute Gasteiger partial charge is 0.138 e. The van der Waals surface area contributed by atoms with Gasteiger partial charge < -0.3 is 5.11 Å². The predicted molar refractivity (Wildman–Crippen MR) is 47.9 cm³/mol. The van der Waals surface area contributed by atoms with Gasteiger partial charge >= 0.3 is 0 Å². The lowest BCUT2D eigenvalue weighted by molar-refractivity contribution is -0.127. The third-order valence-corrected chi connectivity index (χ3v) is 2.48. The van der Waals surface area contributed by atoms with E-state index in [1.807, 2.05) is 20.8 Å². The Hall–Kier alpha value is -0.370. The van der Waals surface area contributed by atoms with E-state index in [0.717, 1.165) is 12.8 Å². The lowest BCUT2D eigenvalue weighted by Crippen LogP contribution is -2.22. The zero-order chi connectivity index (χ0) is 9.41. The number of carbonyl (C=O) groups excluding carboxylic acids is 1. The fraction of sp³-hybridized carbons (Fsp3) is 0.900. The van der Waals surface area contributed by atoms with Crippen LogP contribution in [0.15, 0.2) is 0 Å². The van der Waals surface area contributed by atoms with E-state index >= 15 is 0 Å². The molecule has 1 aliphatic rings. The molecule has 0 unspecified atom stereocenters. The van der Waals surface area contributed by atoms with Gasteiger partial charge in [0.05, 0.1) is 5.60 Å². The molecule has 1 N–H and O–H groups in total. The molecule has 12 heavy (non-hydrogen) atoms. The van der Waals surface area contributed by atoms with Gasteiger partial charge in [-0.25, -0.2) is 0 Å². The molecule has 0 aromatic carbocycles. The Morgan fingerprint density at radius 2 is 1.92 bits per heavy atom. The maximum absolute atomic E-state index is 11.4. The largest absolute Gasteiger partial charge is 0.390 e. The molecule has 2 nitrogen and oxygen atoms in total. The molecule has 1 aliphatic carbocycles. The zero-order valence-corrected chi connectivity index (χ0v) is 8.18. The zero-order valence-electron chi connectivity index (χ0n) is 8.18. The Morgan fingerprint density at radius 1 is 1.42 bits per heavy atom. The number of hydrogen-bond acceptors (Lipinski definition) is 2. The number of hydrogen-bond donors (Lipinski definition) is 1. The first kappa shape index (κ1) is 9.72. The summed E-state index contributed by atoms with van der Waals surface area (Å²) in [4.78, 5) is 11.4. The van der Waals surface area contributed by atoms with E-state index in [0.29, 0.717) is 12.8 Å². The second-order valence-electron chi connectivity index (χ2n) is 4.90. The fourth-order valence-electron chi connectivity index (χ4n) is 1.12. The van der Waals surface area contributed by atoms with Gasteiger partial charge in [0.1, 0.15) is 5.78 Å². The van der Waals surface area contributed by atoms with Crippen LogP contribution in [0.2, 0.25) is 0 Å². The van der Waals surface area contributed by atoms with Crippen LogP contribution < -0.4 is 0 Å². The summed E-state index contributed by atoms with van der Waals surface area (Å²) in [5, 5.41) is 9.49. The molecule has 0 saturated heterocycles. The van der Waals surface area contributed by atoms with E-state index in [2.05, 4.69) is 0 Å². The van der Waals surface area contributed by atoms with Crippen LogP contribution in [0.3, 0.4) is 0 Å². The number of Topliss-reactive ketones (excluding diaryl/α,β-unsaturated/α-hetero) is 1. The average Bonchev–Trinajstić information content (AvgIpc) is 2.62. The molecule has 0 aromatic heterocycles. The van der Waals surface area contributed by atoms with Crippen molar-refractivity contribution in [3.05, 3.63) is 0 Å². The normalized spacial score (nSPS) is 20.7. The summed E-state index contributed by atoms with van der Waals surface area (Å²) in [5.41, 5.74) is -0.716. The van der Waals surface area contributed by atoms with Crippen LogP contribution in [0.4, 0.5) is 0 Å². The highest BCUT2D eigenvalue weighted by Gasteiger charge is 2.40. The predicted octanol–water partition coefficient (Wildman–Crippen LogP) is 1.91. The van der Waals surface area contributed by atoms with Crippen LogP contribution in [-0.2, 0) is 4.79 Å². The van der Waals surface area contributed by atoms with Gasteiger partial charge in [-0.1, -0.05) is 20.8 Å². The number of aliphatic hydroxyl groups is 1. The lowest BCUT2D eigenvalue weighted by Gasteiger charge is -2.17.